The third kappa shape index (κ3) is 5.81. The van der Waals surface area contributed by atoms with Crippen LogP contribution in [0.2, 0.25) is 0 Å². The fraction of sp³-hybridized carbons (Fsp3) is 0.375. The molecule has 1 aliphatic rings. The number of rotatable bonds is 9. The van der Waals surface area contributed by atoms with Crippen molar-refractivity contribution in [1.29, 1.82) is 0 Å². The van der Waals surface area contributed by atoms with Gasteiger partial charge in [-0.1, -0.05) is 5.16 Å². The van der Waals surface area contributed by atoms with Crippen LogP contribution in [0, 0.1) is 0 Å². The van der Waals surface area contributed by atoms with Crippen LogP contribution >= 0.6 is 0 Å². The van der Waals surface area contributed by atoms with Crippen molar-refractivity contribution in [1.82, 2.24) is 10.1 Å². The van der Waals surface area contributed by atoms with E-state index in [1.54, 1.807) is 26.4 Å². The molecule has 1 N–H and O–H groups in total. The summed E-state index contributed by atoms with van der Waals surface area (Å²) >= 11 is 0. The van der Waals surface area contributed by atoms with Crippen molar-refractivity contribution >= 4 is 17.3 Å². The molecule has 1 fully saturated rings. The molecule has 1 aliphatic heterocycles. The minimum Gasteiger partial charge on any atom is -0.493 e. The van der Waals surface area contributed by atoms with Gasteiger partial charge in [0.25, 0.3) is 0 Å². The molecule has 1 amide bonds. The van der Waals surface area contributed by atoms with E-state index in [4.69, 9.17) is 18.7 Å². The number of anilines is 2. The molecule has 174 valence electrons. The molecule has 0 atom stereocenters. The number of carbonyl (C=O) groups is 1. The summed E-state index contributed by atoms with van der Waals surface area (Å²) in [5, 5.41) is 6.97. The molecular formula is C24H28N4O5. The van der Waals surface area contributed by atoms with Gasteiger partial charge in [0.2, 0.25) is 17.6 Å². The summed E-state index contributed by atoms with van der Waals surface area (Å²) < 4.78 is 21.3. The van der Waals surface area contributed by atoms with Gasteiger partial charge in [-0.15, -0.1) is 0 Å². The quantitative estimate of drug-likeness (QED) is 0.526. The van der Waals surface area contributed by atoms with Crippen molar-refractivity contribution in [3.8, 4) is 22.9 Å². The van der Waals surface area contributed by atoms with E-state index in [-0.39, 0.29) is 5.91 Å². The molecule has 9 heteroatoms. The monoisotopic (exact) mass is 452 g/mol. The molecule has 2 heterocycles. The van der Waals surface area contributed by atoms with Gasteiger partial charge in [-0.2, -0.15) is 4.98 Å². The first-order chi connectivity index (χ1) is 16.2. The van der Waals surface area contributed by atoms with E-state index in [0.29, 0.717) is 42.5 Å². The molecular weight excluding hydrogens is 424 g/mol. The predicted molar refractivity (Wildman–Crippen MR) is 124 cm³/mol. The molecule has 33 heavy (non-hydrogen) atoms. The second-order valence-electron chi connectivity index (χ2n) is 7.63. The van der Waals surface area contributed by atoms with Gasteiger partial charge in [0.05, 0.1) is 27.4 Å². The maximum absolute atomic E-state index is 12.3. The topological polar surface area (TPSA) is 99.0 Å². The van der Waals surface area contributed by atoms with E-state index in [0.717, 1.165) is 43.2 Å². The van der Waals surface area contributed by atoms with Crippen LogP contribution in [0.4, 0.5) is 11.4 Å². The smallest absolute Gasteiger partial charge is 0.226 e. The number of nitrogens with zero attached hydrogens (tertiary/aromatic N) is 3. The number of morpholine rings is 1. The Morgan fingerprint density at radius 1 is 1.06 bits per heavy atom. The second-order valence-corrected chi connectivity index (χ2v) is 7.63. The summed E-state index contributed by atoms with van der Waals surface area (Å²) in [4.78, 5) is 19.0. The maximum atomic E-state index is 12.3. The lowest BCUT2D eigenvalue weighted by Crippen LogP contribution is -2.36. The summed E-state index contributed by atoms with van der Waals surface area (Å²) in [5.74, 6) is 2.13. The standard InChI is InChI=1S/C24H28N4O5/c1-30-20-11-6-17(16-21(20)31-2)24-26-23(33-27-24)5-3-4-22(29)25-18-7-9-19(10-8-18)28-12-14-32-15-13-28/h6-11,16H,3-5,12-15H2,1-2H3,(H,25,29). The van der Waals surface area contributed by atoms with Gasteiger partial charge in [0.15, 0.2) is 11.5 Å². The first kappa shape index (κ1) is 22.6. The van der Waals surface area contributed by atoms with Crippen LogP contribution in [-0.4, -0.2) is 56.6 Å². The molecule has 9 nitrogen and oxygen atoms in total. The largest absolute Gasteiger partial charge is 0.493 e. The van der Waals surface area contributed by atoms with Gasteiger partial charge >= 0.3 is 0 Å². The Balaban J connectivity index is 1.25. The zero-order chi connectivity index (χ0) is 23.0. The van der Waals surface area contributed by atoms with E-state index >= 15 is 0 Å². The van der Waals surface area contributed by atoms with Crippen LogP contribution in [0.1, 0.15) is 18.7 Å². The number of aromatic nitrogens is 2. The van der Waals surface area contributed by atoms with E-state index in [1.807, 2.05) is 30.3 Å². The van der Waals surface area contributed by atoms with Crippen molar-refractivity contribution in [2.24, 2.45) is 0 Å². The fourth-order valence-electron chi connectivity index (χ4n) is 3.65. The number of hydrogen-bond acceptors (Lipinski definition) is 8. The van der Waals surface area contributed by atoms with E-state index in [1.165, 1.54) is 0 Å². The number of benzene rings is 2. The number of carbonyl (C=O) groups excluding carboxylic acids is 1. The highest BCUT2D eigenvalue weighted by Gasteiger charge is 2.14. The number of aryl methyl sites for hydroxylation is 1. The summed E-state index contributed by atoms with van der Waals surface area (Å²) in [6, 6.07) is 13.3. The first-order valence-corrected chi connectivity index (χ1v) is 10.9. The van der Waals surface area contributed by atoms with Crippen LogP contribution in [0.3, 0.4) is 0 Å². The molecule has 2 aromatic carbocycles. The number of nitrogens with one attached hydrogen (secondary N) is 1. The molecule has 0 saturated carbocycles. The van der Waals surface area contributed by atoms with Gasteiger partial charge < -0.3 is 29.0 Å². The second kappa shape index (κ2) is 10.8. The highest BCUT2D eigenvalue weighted by Crippen LogP contribution is 2.31. The highest BCUT2D eigenvalue weighted by molar-refractivity contribution is 5.90. The molecule has 0 unspecified atom stereocenters. The maximum Gasteiger partial charge on any atom is 0.226 e. The average molecular weight is 453 g/mol. The van der Waals surface area contributed by atoms with Crippen LogP contribution < -0.4 is 19.7 Å². The lowest BCUT2D eigenvalue weighted by atomic mass is 10.2. The minimum atomic E-state index is -0.0475. The number of amides is 1. The molecule has 0 radical (unpaired) electrons. The zero-order valence-corrected chi connectivity index (χ0v) is 18.9. The number of ether oxygens (including phenoxy) is 3. The molecule has 0 aliphatic carbocycles. The van der Waals surface area contributed by atoms with Crippen LogP contribution in [0.15, 0.2) is 47.0 Å². The average Bonchev–Trinajstić information content (AvgIpc) is 3.33. The first-order valence-electron chi connectivity index (χ1n) is 10.9. The summed E-state index contributed by atoms with van der Waals surface area (Å²) in [6.45, 7) is 3.26. The molecule has 1 saturated heterocycles. The van der Waals surface area contributed by atoms with Gasteiger partial charge in [-0.25, -0.2) is 0 Å². The van der Waals surface area contributed by atoms with Crippen LogP contribution in [0.25, 0.3) is 11.4 Å². The SMILES string of the molecule is COc1ccc(-c2noc(CCCC(=O)Nc3ccc(N4CCOCC4)cc3)n2)cc1OC. The summed E-state index contributed by atoms with van der Waals surface area (Å²) in [6.07, 6.45) is 1.48. The summed E-state index contributed by atoms with van der Waals surface area (Å²) in [7, 11) is 3.16. The van der Waals surface area contributed by atoms with E-state index in [9.17, 15) is 4.79 Å². The van der Waals surface area contributed by atoms with Gasteiger partial charge in [-0.05, 0) is 48.9 Å². The van der Waals surface area contributed by atoms with Crippen LogP contribution in [0.5, 0.6) is 11.5 Å². The Morgan fingerprint density at radius 3 is 2.55 bits per heavy atom. The van der Waals surface area contributed by atoms with Gasteiger partial charge in [0, 0.05) is 42.9 Å². The Labute approximate surface area is 192 Å². The lowest BCUT2D eigenvalue weighted by molar-refractivity contribution is -0.116. The number of methoxy groups -OCH3 is 2. The van der Waals surface area contributed by atoms with E-state index < -0.39 is 0 Å². The van der Waals surface area contributed by atoms with Gasteiger partial charge in [0.1, 0.15) is 0 Å². The molecule has 1 aromatic heterocycles. The highest BCUT2D eigenvalue weighted by atomic mass is 16.5. The lowest BCUT2D eigenvalue weighted by Gasteiger charge is -2.28. The Morgan fingerprint density at radius 2 is 1.82 bits per heavy atom. The van der Waals surface area contributed by atoms with Crippen molar-refractivity contribution in [3.63, 3.8) is 0 Å². The van der Waals surface area contributed by atoms with Crippen molar-refractivity contribution in [2.75, 3.05) is 50.7 Å². The fourth-order valence-corrected chi connectivity index (χ4v) is 3.65. The Kier molecular flexibility index (Phi) is 7.41. The molecule has 0 bridgehead atoms. The Hall–Kier alpha value is -3.59. The molecule has 4 rings (SSSR count). The molecule has 0 spiro atoms. The van der Waals surface area contributed by atoms with Crippen LogP contribution in [-0.2, 0) is 16.0 Å². The van der Waals surface area contributed by atoms with Crippen molar-refractivity contribution in [3.05, 3.63) is 48.4 Å². The molecule has 3 aromatic rings. The third-order valence-corrected chi connectivity index (χ3v) is 5.43. The summed E-state index contributed by atoms with van der Waals surface area (Å²) in [5.41, 5.74) is 2.68. The van der Waals surface area contributed by atoms with Crippen molar-refractivity contribution in [2.45, 2.75) is 19.3 Å². The van der Waals surface area contributed by atoms with Gasteiger partial charge in [-0.3, -0.25) is 4.79 Å². The minimum absolute atomic E-state index is 0.0475. The Bertz CT molecular complexity index is 1060. The van der Waals surface area contributed by atoms with Crippen molar-refractivity contribution < 1.29 is 23.5 Å². The normalized spacial score (nSPS) is 13.6. The zero-order valence-electron chi connectivity index (χ0n) is 18.9. The van der Waals surface area contributed by atoms with E-state index in [2.05, 4.69) is 20.4 Å². The third-order valence-electron chi connectivity index (χ3n) is 5.43. The predicted octanol–water partition coefficient (Wildman–Crippen LogP) is 3.55. The number of hydrogen-bond donors (Lipinski definition) is 1.